The van der Waals surface area contributed by atoms with Gasteiger partial charge in [-0.2, -0.15) is 16.3 Å². The van der Waals surface area contributed by atoms with E-state index in [0.29, 0.717) is 11.4 Å². The van der Waals surface area contributed by atoms with Crippen LogP contribution >= 0.6 is 11.3 Å². The number of thiophene rings is 1. The molecule has 22 heavy (non-hydrogen) atoms. The van der Waals surface area contributed by atoms with E-state index >= 15 is 0 Å². The predicted molar refractivity (Wildman–Crippen MR) is 79.7 cm³/mol. The van der Waals surface area contributed by atoms with Gasteiger partial charge in [-0.15, -0.1) is 0 Å². The highest BCUT2D eigenvalue weighted by Crippen LogP contribution is 2.20. The van der Waals surface area contributed by atoms with E-state index in [1.54, 1.807) is 18.6 Å². The Balaban J connectivity index is 1.64. The van der Waals surface area contributed by atoms with Crippen LogP contribution in [0.15, 0.2) is 45.6 Å². The fraction of sp³-hybridized carbons (Fsp3) is 0.133. The number of methoxy groups -OCH3 is 1. The molecular weight excluding hydrogens is 304 g/mol. The van der Waals surface area contributed by atoms with Gasteiger partial charge in [0.15, 0.2) is 6.61 Å². The summed E-state index contributed by atoms with van der Waals surface area (Å²) in [5.74, 6) is 1.02. The lowest BCUT2D eigenvalue weighted by Crippen LogP contribution is -2.03. The van der Waals surface area contributed by atoms with Gasteiger partial charge in [-0.1, -0.05) is 5.16 Å². The lowest BCUT2D eigenvalue weighted by molar-refractivity contribution is 0.0430. The molecule has 0 bridgehead atoms. The first kappa shape index (κ1) is 14.3. The molecule has 1 aromatic carbocycles. The summed E-state index contributed by atoms with van der Waals surface area (Å²) in [4.78, 5) is 15.9. The Labute approximate surface area is 130 Å². The van der Waals surface area contributed by atoms with Gasteiger partial charge in [0.1, 0.15) is 5.75 Å². The molecule has 3 rings (SSSR count). The molecule has 0 aliphatic rings. The van der Waals surface area contributed by atoms with Gasteiger partial charge in [0, 0.05) is 10.9 Å². The van der Waals surface area contributed by atoms with Crippen molar-refractivity contribution in [3.05, 3.63) is 52.5 Å². The summed E-state index contributed by atoms with van der Waals surface area (Å²) in [6, 6.07) is 8.96. The first-order valence-corrected chi connectivity index (χ1v) is 7.37. The van der Waals surface area contributed by atoms with Crippen LogP contribution in [0.4, 0.5) is 0 Å². The molecule has 7 heteroatoms. The molecule has 0 amide bonds. The molecule has 0 aliphatic heterocycles. The molecule has 0 atom stereocenters. The van der Waals surface area contributed by atoms with Crippen LogP contribution in [0, 0.1) is 0 Å². The number of ether oxygens (including phenoxy) is 2. The number of hydrogen-bond acceptors (Lipinski definition) is 7. The Morgan fingerprint density at radius 1 is 1.27 bits per heavy atom. The lowest BCUT2D eigenvalue weighted by Gasteiger charge is -1.99. The van der Waals surface area contributed by atoms with Crippen LogP contribution in [-0.4, -0.2) is 23.2 Å². The predicted octanol–water partition coefficient (Wildman–Crippen LogP) is 3.16. The Morgan fingerprint density at radius 3 is 2.77 bits per heavy atom. The second-order valence-corrected chi connectivity index (χ2v) is 5.11. The van der Waals surface area contributed by atoms with Gasteiger partial charge in [-0.3, -0.25) is 0 Å². The summed E-state index contributed by atoms with van der Waals surface area (Å²) in [6.45, 7) is -0.0577. The summed E-state index contributed by atoms with van der Waals surface area (Å²) in [7, 11) is 1.60. The Bertz CT molecular complexity index is 750. The van der Waals surface area contributed by atoms with E-state index in [2.05, 4.69) is 10.1 Å². The molecule has 0 saturated carbocycles. The second kappa shape index (κ2) is 6.40. The molecule has 0 aliphatic carbocycles. The topological polar surface area (TPSA) is 74.5 Å². The third-order valence-corrected chi connectivity index (χ3v) is 3.58. The van der Waals surface area contributed by atoms with Crippen molar-refractivity contribution in [1.29, 1.82) is 0 Å². The standard InChI is InChI=1S/C15H12N2O4S/c1-19-12-4-2-10(3-5-12)14-16-13(21-17-14)8-20-15(18)11-6-7-22-9-11/h2-7,9H,8H2,1H3. The summed E-state index contributed by atoms with van der Waals surface area (Å²) in [5.41, 5.74) is 1.31. The average Bonchev–Trinajstić information content (AvgIpc) is 3.24. The minimum atomic E-state index is -0.412. The molecule has 0 radical (unpaired) electrons. The van der Waals surface area contributed by atoms with Gasteiger partial charge < -0.3 is 14.0 Å². The average molecular weight is 316 g/mol. The third kappa shape index (κ3) is 3.15. The summed E-state index contributed by atoms with van der Waals surface area (Å²) >= 11 is 1.43. The summed E-state index contributed by atoms with van der Waals surface area (Å²) in [5, 5.41) is 7.40. The number of rotatable bonds is 5. The van der Waals surface area contributed by atoms with Crippen LogP contribution in [0.3, 0.4) is 0 Å². The van der Waals surface area contributed by atoms with E-state index in [-0.39, 0.29) is 12.5 Å². The van der Waals surface area contributed by atoms with Crippen molar-refractivity contribution in [2.45, 2.75) is 6.61 Å². The van der Waals surface area contributed by atoms with Crippen molar-refractivity contribution < 1.29 is 18.8 Å². The van der Waals surface area contributed by atoms with Crippen molar-refractivity contribution in [2.75, 3.05) is 7.11 Å². The number of esters is 1. The van der Waals surface area contributed by atoms with Crippen molar-refractivity contribution >= 4 is 17.3 Å². The number of hydrogen-bond donors (Lipinski definition) is 0. The first-order chi connectivity index (χ1) is 10.8. The summed E-state index contributed by atoms with van der Waals surface area (Å²) in [6.07, 6.45) is 0. The quantitative estimate of drug-likeness (QED) is 0.673. The zero-order valence-electron chi connectivity index (χ0n) is 11.7. The molecule has 6 nitrogen and oxygen atoms in total. The van der Waals surface area contributed by atoms with Gasteiger partial charge in [0.25, 0.3) is 5.89 Å². The normalized spacial score (nSPS) is 10.4. The van der Waals surface area contributed by atoms with Gasteiger partial charge in [0.05, 0.1) is 12.7 Å². The molecule has 0 spiro atoms. The van der Waals surface area contributed by atoms with E-state index < -0.39 is 5.97 Å². The van der Waals surface area contributed by atoms with Crippen molar-refractivity contribution in [2.24, 2.45) is 0 Å². The van der Waals surface area contributed by atoms with Gasteiger partial charge in [-0.25, -0.2) is 4.79 Å². The Morgan fingerprint density at radius 2 is 2.09 bits per heavy atom. The molecule has 0 fully saturated rings. The van der Waals surface area contributed by atoms with Crippen LogP contribution in [0.25, 0.3) is 11.4 Å². The van der Waals surface area contributed by atoms with E-state index in [1.807, 2.05) is 29.6 Å². The molecule has 2 heterocycles. The molecule has 0 saturated heterocycles. The maximum absolute atomic E-state index is 11.7. The highest BCUT2D eigenvalue weighted by molar-refractivity contribution is 7.08. The number of aromatic nitrogens is 2. The van der Waals surface area contributed by atoms with Crippen LogP contribution in [0.5, 0.6) is 5.75 Å². The zero-order chi connectivity index (χ0) is 15.4. The van der Waals surface area contributed by atoms with Crippen LogP contribution in [0.2, 0.25) is 0 Å². The van der Waals surface area contributed by atoms with E-state index in [0.717, 1.165) is 11.3 Å². The third-order valence-electron chi connectivity index (χ3n) is 2.90. The van der Waals surface area contributed by atoms with E-state index in [9.17, 15) is 4.79 Å². The van der Waals surface area contributed by atoms with Crippen LogP contribution < -0.4 is 4.74 Å². The van der Waals surface area contributed by atoms with Crippen LogP contribution in [0.1, 0.15) is 16.2 Å². The van der Waals surface area contributed by atoms with E-state index in [1.165, 1.54) is 11.3 Å². The van der Waals surface area contributed by atoms with Crippen molar-refractivity contribution in [3.63, 3.8) is 0 Å². The lowest BCUT2D eigenvalue weighted by atomic mass is 10.2. The largest absolute Gasteiger partial charge is 0.497 e. The zero-order valence-corrected chi connectivity index (χ0v) is 12.5. The SMILES string of the molecule is COc1ccc(-c2noc(COC(=O)c3ccsc3)n2)cc1. The molecular formula is C15H12N2O4S. The molecule has 0 unspecified atom stereocenters. The highest BCUT2D eigenvalue weighted by Gasteiger charge is 2.12. The molecule has 3 aromatic rings. The van der Waals surface area contributed by atoms with Crippen molar-refractivity contribution in [3.8, 4) is 17.1 Å². The smallest absolute Gasteiger partial charge is 0.339 e. The second-order valence-electron chi connectivity index (χ2n) is 4.33. The van der Waals surface area contributed by atoms with Crippen molar-refractivity contribution in [1.82, 2.24) is 10.1 Å². The van der Waals surface area contributed by atoms with E-state index in [4.69, 9.17) is 14.0 Å². The first-order valence-electron chi connectivity index (χ1n) is 6.42. The molecule has 0 N–H and O–H groups in total. The minimum absolute atomic E-state index is 0.0577. The fourth-order valence-corrected chi connectivity index (χ4v) is 2.39. The molecule has 112 valence electrons. The number of carbonyl (C=O) groups is 1. The number of benzene rings is 1. The van der Waals surface area contributed by atoms with Gasteiger partial charge >= 0.3 is 5.97 Å². The molecule has 2 aromatic heterocycles. The van der Waals surface area contributed by atoms with Gasteiger partial charge in [0.2, 0.25) is 5.82 Å². The number of carbonyl (C=O) groups excluding carboxylic acids is 1. The fourth-order valence-electron chi connectivity index (χ4n) is 1.76. The maximum atomic E-state index is 11.7. The summed E-state index contributed by atoms with van der Waals surface area (Å²) < 4.78 is 15.3. The monoisotopic (exact) mass is 316 g/mol. The maximum Gasteiger partial charge on any atom is 0.339 e. The van der Waals surface area contributed by atoms with Gasteiger partial charge in [-0.05, 0) is 35.7 Å². The van der Waals surface area contributed by atoms with Crippen LogP contribution in [-0.2, 0) is 11.3 Å². The Kier molecular flexibility index (Phi) is 4.15. The number of nitrogens with zero attached hydrogens (tertiary/aromatic N) is 2. The highest BCUT2D eigenvalue weighted by atomic mass is 32.1. The minimum Gasteiger partial charge on any atom is -0.497 e. The Hall–Kier alpha value is -2.67.